The molecule has 1 fully saturated rings. The fourth-order valence-corrected chi connectivity index (χ4v) is 10.8. The third-order valence-electron chi connectivity index (χ3n) is 8.16. The normalized spacial score (nSPS) is 17.3. The molecule has 42 heavy (non-hydrogen) atoms. The van der Waals surface area contributed by atoms with Crippen LogP contribution < -0.4 is 10.4 Å². The van der Waals surface area contributed by atoms with E-state index in [1.54, 1.807) is 0 Å². The molecule has 0 spiro atoms. The van der Waals surface area contributed by atoms with Crippen LogP contribution in [0.15, 0.2) is 115 Å². The lowest BCUT2D eigenvalue weighted by Crippen LogP contribution is -2.68. The quantitative estimate of drug-likeness (QED) is 0.168. The van der Waals surface area contributed by atoms with Crippen molar-refractivity contribution >= 4 is 30.5 Å². The van der Waals surface area contributed by atoms with Crippen LogP contribution >= 0.6 is 0 Å². The van der Waals surface area contributed by atoms with E-state index in [1.807, 2.05) is 59.5 Å². The first-order valence-electron chi connectivity index (χ1n) is 14.6. The van der Waals surface area contributed by atoms with Crippen molar-refractivity contribution in [1.29, 1.82) is 0 Å². The summed E-state index contributed by atoms with van der Waals surface area (Å²) in [5.41, 5.74) is 2.51. The highest BCUT2D eigenvalue weighted by Gasteiger charge is 2.52. The van der Waals surface area contributed by atoms with Crippen LogP contribution in [0.3, 0.4) is 0 Å². The Morgan fingerprint density at radius 2 is 1.40 bits per heavy atom. The summed E-state index contributed by atoms with van der Waals surface area (Å²) in [6.45, 7) is 15.0. The lowest BCUT2D eigenvalue weighted by atomic mass is 9.93. The number of hydrogen-bond acceptors (Lipinski definition) is 3. The number of nitrogens with zero attached hydrogens (tertiary/aromatic N) is 2. The standard InChI is InChI=1S/C36H38N2O3Si/c1-36(2,3)42(32-16-10-6-11-17-32,33-18-12-7-13-19-33)41-31-24-25-38(35(39)40-27-28-14-8-5-9-15-28)34(26-31)29-20-22-30(37-4)23-21-29/h5-23,31,34H,24-27H2,1-3H3. The van der Waals surface area contributed by atoms with E-state index in [2.05, 4.69) is 86.3 Å². The van der Waals surface area contributed by atoms with Crippen LogP contribution in [0.1, 0.15) is 50.8 Å². The highest BCUT2D eigenvalue weighted by Crippen LogP contribution is 2.41. The summed E-state index contributed by atoms with van der Waals surface area (Å²) < 4.78 is 13.3. The summed E-state index contributed by atoms with van der Waals surface area (Å²) in [5.74, 6) is 0. The Morgan fingerprint density at radius 1 is 0.857 bits per heavy atom. The maximum Gasteiger partial charge on any atom is 0.410 e. The zero-order valence-electron chi connectivity index (χ0n) is 24.6. The smallest absolute Gasteiger partial charge is 0.410 e. The molecule has 0 N–H and O–H groups in total. The van der Waals surface area contributed by atoms with Crippen LogP contribution in [0.5, 0.6) is 0 Å². The molecule has 4 aromatic carbocycles. The molecule has 1 amide bonds. The number of carbonyl (C=O) groups excluding carboxylic acids is 1. The first-order chi connectivity index (χ1) is 20.3. The van der Waals surface area contributed by atoms with Gasteiger partial charge in [-0.1, -0.05) is 136 Å². The van der Waals surface area contributed by atoms with Crippen molar-refractivity contribution in [2.75, 3.05) is 6.54 Å². The average molecular weight is 575 g/mol. The molecule has 1 aliphatic rings. The van der Waals surface area contributed by atoms with E-state index < -0.39 is 8.32 Å². The predicted octanol–water partition coefficient (Wildman–Crippen LogP) is 7.66. The molecular weight excluding hydrogens is 536 g/mol. The minimum Gasteiger partial charge on any atom is -0.445 e. The second-order valence-corrected chi connectivity index (χ2v) is 16.1. The number of benzene rings is 4. The largest absolute Gasteiger partial charge is 0.445 e. The molecule has 0 aromatic heterocycles. The molecule has 1 saturated heterocycles. The Hall–Kier alpha value is -4.18. The Morgan fingerprint density at radius 3 is 1.93 bits per heavy atom. The molecule has 5 rings (SSSR count). The van der Waals surface area contributed by atoms with Crippen molar-refractivity contribution in [3.8, 4) is 0 Å². The number of likely N-dealkylation sites (tertiary alicyclic amines) is 1. The second kappa shape index (κ2) is 12.8. The van der Waals surface area contributed by atoms with Gasteiger partial charge in [-0.15, -0.1) is 0 Å². The molecular formula is C36H38N2O3Si. The maximum absolute atomic E-state index is 13.5. The van der Waals surface area contributed by atoms with Crippen molar-refractivity contribution in [1.82, 2.24) is 4.90 Å². The lowest BCUT2D eigenvalue weighted by Gasteiger charge is -2.48. The van der Waals surface area contributed by atoms with E-state index in [0.29, 0.717) is 25.1 Å². The Balaban J connectivity index is 1.48. The number of hydrogen-bond donors (Lipinski definition) is 0. The molecule has 2 atom stereocenters. The van der Waals surface area contributed by atoms with Gasteiger partial charge in [0, 0.05) is 12.6 Å². The fraction of sp³-hybridized carbons (Fsp3) is 0.278. The first-order valence-corrected chi connectivity index (χ1v) is 16.5. The SMILES string of the molecule is [C-]#[N+]c1ccc(C2CC(O[Si](c3ccccc3)(c3ccccc3)C(C)(C)C)CCN2C(=O)OCc2ccccc2)cc1. The van der Waals surface area contributed by atoms with E-state index in [0.717, 1.165) is 11.1 Å². The topological polar surface area (TPSA) is 43.1 Å². The molecule has 214 valence electrons. The molecule has 4 aromatic rings. The van der Waals surface area contributed by atoms with Gasteiger partial charge in [-0.05, 0) is 39.4 Å². The molecule has 1 heterocycles. The van der Waals surface area contributed by atoms with Crippen LogP contribution in [0.2, 0.25) is 5.04 Å². The van der Waals surface area contributed by atoms with Gasteiger partial charge in [-0.2, -0.15) is 0 Å². The van der Waals surface area contributed by atoms with Crippen LogP contribution in [0.4, 0.5) is 10.5 Å². The summed E-state index contributed by atoms with van der Waals surface area (Å²) in [6, 6.07) is 38.4. The maximum atomic E-state index is 13.5. The Kier molecular flexibility index (Phi) is 8.91. The molecule has 1 aliphatic heterocycles. The van der Waals surface area contributed by atoms with Gasteiger partial charge < -0.3 is 14.1 Å². The number of ether oxygens (including phenoxy) is 1. The van der Waals surface area contributed by atoms with Gasteiger partial charge in [-0.3, -0.25) is 0 Å². The van der Waals surface area contributed by atoms with Gasteiger partial charge in [-0.25, -0.2) is 9.64 Å². The van der Waals surface area contributed by atoms with Crippen molar-refractivity contribution in [2.24, 2.45) is 0 Å². The van der Waals surface area contributed by atoms with Crippen LogP contribution in [0.25, 0.3) is 4.85 Å². The van der Waals surface area contributed by atoms with Crippen molar-refractivity contribution in [3.05, 3.63) is 138 Å². The lowest BCUT2D eigenvalue weighted by molar-refractivity contribution is 0.0312. The molecule has 5 nitrogen and oxygen atoms in total. The molecule has 0 saturated carbocycles. The van der Waals surface area contributed by atoms with E-state index >= 15 is 0 Å². The van der Waals surface area contributed by atoms with E-state index in [4.69, 9.17) is 15.7 Å². The van der Waals surface area contributed by atoms with Gasteiger partial charge in [0.1, 0.15) is 6.61 Å². The summed E-state index contributed by atoms with van der Waals surface area (Å²) in [4.78, 5) is 18.9. The van der Waals surface area contributed by atoms with E-state index in [-0.39, 0.29) is 29.9 Å². The van der Waals surface area contributed by atoms with E-state index in [9.17, 15) is 4.79 Å². The zero-order chi connectivity index (χ0) is 29.6. The number of carbonyl (C=O) groups is 1. The first kappa shape index (κ1) is 29.3. The molecule has 2 unspecified atom stereocenters. The summed E-state index contributed by atoms with van der Waals surface area (Å²) in [6.07, 6.45) is 0.950. The van der Waals surface area contributed by atoms with Gasteiger partial charge in [0.2, 0.25) is 0 Å². The summed E-state index contributed by atoms with van der Waals surface area (Å²) in [7, 11) is -2.76. The van der Waals surface area contributed by atoms with Gasteiger partial charge >= 0.3 is 6.09 Å². The predicted molar refractivity (Wildman–Crippen MR) is 171 cm³/mol. The monoisotopic (exact) mass is 574 g/mol. The third-order valence-corrected chi connectivity index (χ3v) is 13.3. The van der Waals surface area contributed by atoms with Crippen LogP contribution in [0, 0.1) is 6.57 Å². The van der Waals surface area contributed by atoms with Crippen LogP contribution in [-0.4, -0.2) is 32.0 Å². The summed E-state index contributed by atoms with van der Waals surface area (Å²) >= 11 is 0. The minimum atomic E-state index is -2.76. The number of rotatable bonds is 7. The summed E-state index contributed by atoms with van der Waals surface area (Å²) in [5, 5.41) is 2.34. The Bertz CT molecular complexity index is 1460. The van der Waals surface area contributed by atoms with Gasteiger partial charge in [0.15, 0.2) is 5.69 Å². The molecule has 0 bridgehead atoms. The molecule has 0 aliphatic carbocycles. The molecule has 0 radical (unpaired) electrons. The highest BCUT2D eigenvalue weighted by atomic mass is 28.4. The fourth-order valence-electron chi connectivity index (χ4n) is 6.09. The van der Waals surface area contributed by atoms with Crippen molar-refractivity contribution in [3.63, 3.8) is 0 Å². The average Bonchev–Trinajstić information content (AvgIpc) is 3.03. The van der Waals surface area contributed by atoms with Gasteiger partial charge in [0.05, 0.1) is 12.6 Å². The number of piperidine rings is 1. The Labute approximate surface area is 250 Å². The van der Waals surface area contributed by atoms with E-state index in [1.165, 1.54) is 10.4 Å². The molecule has 6 heteroatoms. The second-order valence-electron chi connectivity index (χ2n) is 11.9. The van der Waals surface area contributed by atoms with Crippen molar-refractivity contribution < 1.29 is 14.0 Å². The minimum absolute atomic E-state index is 0.0694. The zero-order valence-corrected chi connectivity index (χ0v) is 25.6. The van der Waals surface area contributed by atoms with Gasteiger partial charge in [0.25, 0.3) is 8.32 Å². The highest BCUT2D eigenvalue weighted by molar-refractivity contribution is 6.99. The third kappa shape index (κ3) is 6.18. The van der Waals surface area contributed by atoms with Crippen LogP contribution in [-0.2, 0) is 15.8 Å². The van der Waals surface area contributed by atoms with Crippen molar-refractivity contribution in [2.45, 2.75) is 57.4 Å². The number of amides is 1.